The molecule has 36 heavy (non-hydrogen) atoms. The SMILES string of the molecule is CCCCOc1ccc(Cl)cc1C(=O)NCCC1=CC=C(c2ccc(CC(=O)O)c([NH2+]O)c2)CC1C. The van der Waals surface area contributed by atoms with E-state index in [4.69, 9.17) is 21.4 Å². The number of carbonyl (C=O) groups excluding carboxylic acids is 1. The highest BCUT2D eigenvalue weighted by atomic mass is 35.5. The van der Waals surface area contributed by atoms with Crippen LogP contribution < -0.4 is 15.5 Å². The molecule has 7 nitrogen and oxygen atoms in total. The molecule has 0 spiro atoms. The highest BCUT2D eigenvalue weighted by Crippen LogP contribution is 2.33. The lowest BCUT2D eigenvalue weighted by molar-refractivity contribution is -0.826. The monoisotopic (exact) mass is 513 g/mol. The fourth-order valence-electron chi connectivity index (χ4n) is 4.23. The Balaban J connectivity index is 1.63. The van der Waals surface area contributed by atoms with Gasteiger partial charge in [-0.1, -0.05) is 61.7 Å². The highest BCUT2D eigenvalue weighted by molar-refractivity contribution is 6.31. The number of rotatable bonds is 12. The molecular weight excluding hydrogens is 480 g/mol. The van der Waals surface area contributed by atoms with Crippen LogP contribution in [-0.4, -0.2) is 35.3 Å². The molecule has 1 atom stereocenters. The van der Waals surface area contributed by atoms with Crippen LogP contribution in [0.25, 0.3) is 5.57 Å². The van der Waals surface area contributed by atoms with Crippen LogP contribution in [-0.2, 0) is 11.2 Å². The number of carbonyl (C=O) groups is 2. The number of halogens is 1. The maximum absolute atomic E-state index is 12.8. The largest absolute Gasteiger partial charge is 0.493 e. The van der Waals surface area contributed by atoms with Gasteiger partial charge >= 0.3 is 5.97 Å². The molecule has 0 saturated carbocycles. The van der Waals surface area contributed by atoms with Crippen LogP contribution >= 0.6 is 11.6 Å². The van der Waals surface area contributed by atoms with Crippen LogP contribution in [0.5, 0.6) is 5.75 Å². The standard InChI is InChI=1S/C28H33ClN2O5/c1-3-4-13-36-26-10-9-23(29)17-24(26)28(34)30-12-11-19-5-6-20(14-18(19)2)21-7-8-22(16-27(32)33)25(15-21)31-35/h5-10,15,17-18,31,35H,3-4,11-14,16H2,1-2H3,(H,30,34)(H,32,33)/p+1. The molecule has 0 heterocycles. The molecule has 1 amide bonds. The van der Waals surface area contributed by atoms with Gasteiger partial charge in [-0.3, -0.25) is 9.59 Å². The van der Waals surface area contributed by atoms with Gasteiger partial charge in [-0.15, -0.1) is 0 Å². The Labute approximate surface area is 216 Å². The van der Waals surface area contributed by atoms with Gasteiger partial charge in [0.25, 0.3) is 5.91 Å². The number of nitrogens with two attached hydrogens (primary N) is 1. The van der Waals surface area contributed by atoms with Crippen molar-refractivity contribution in [3.05, 3.63) is 75.8 Å². The first-order valence-electron chi connectivity index (χ1n) is 12.2. The van der Waals surface area contributed by atoms with Crippen LogP contribution in [0, 0.1) is 5.92 Å². The van der Waals surface area contributed by atoms with E-state index >= 15 is 0 Å². The number of hydrogen-bond acceptors (Lipinski definition) is 4. The van der Waals surface area contributed by atoms with Gasteiger partial charge in [0.15, 0.2) is 5.69 Å². The molecule has 5 N–H and O–H groups in total. The topological polar surface area (TPSA) is 112 Å². The smallest absolute Gasteiger partial charge is 0.308 e. The summed E-state index contributed by atoms with van der Waals surface area (Å²) in [7, 11) is 0. The summed E-state index contributed by atoms with van der Waals surface area (Å²) in [5.74, 6) is -0.330. The van der Waals surface area contributed by atoms with Crippen molar-refractivity contribution in [1.82, 2.24) is 5.32 Å². The van der Waals surface area contributed by atoms with Crippen molar-refractivity contribution < 1.29 is 30.1 Å². The lowest BCUT2D eigenvalue weighted by Crippen LogP contribution is -2.74. The zero-order valence-corrected chi connectivity index (χ0v) is 21.5. The molecule has 0 saturated heterocycles. The van der Waals surface area contributed by atoms with E-state index in [0.717, 1.165) is 42.3 Å². The van der Waals surface area contributed by atoms with E-state index < -0.39 is 5.97 Å². The number of hydrogen-bond donors (Lipinski definition) is 4. The summed E-state index contributed by atoms with van der Waals surface area (Å²) in [4.78, 5) is 23.9. The minimum absolute atomic E-state index is 0.139. The second-order valence-electron chi connectivity index (χ2n) is 9.00. The summed E-state index contributed by atoms with van der Waals surface area (Å²) in [6, 6.07) is 10.6. The molecule has 1 unspecified atom stereocenters. The number of unbranched alkanes of at least 4 members (excludes halogenated alkanes) is 1. The van der Waals surface area contributed by atoms with Crippen molar-refractivity contribution in [2.75, 3.05) is 13.2 Å². The molecule has 0 aliphatic heterocycles. The Hall–Kier alpha value is -3.13. The second-order valence-corrected chi connectivity index (χ2v) is 9.44. The van der Waals surface area contributed by atoms with Gasteiger partial charge < -0.3 is 15.2 Å². The Kier molecular flexibility index (Phi) is 10.1. The number of allylic oxidation sites excluding steroid dienone is 3. The summed E-state index contributed by atoms with van der Waals surface area (Å²) >= 11 is 6.12. The third-order valence-electron chi connectivity index (χ3n) is 6.30. The predicted octanol–water partition coefficient (Wildman–Crippen LogP) is 4.90. The third kappa shape index (κ3) is 7.43. The number of quaternary nitrogens is 1. The zero-order chi connectivity index (χ0) is 26.1. The van der Waals surface area contributed by atoms with E-state index in [1.54, 1.807) is 24.3 Å². The maximum Gasteiger partial charge on any atom is 0.308 e. The van der Waals surface area contributed by atoms with Crippen LogP contribution in [0.4, 0.5) is 5.69 Å². The molecule has 1 aliphatic carbocycles. The highest BCUT2D eigenvalue weighted by Gasteiger charge is 2.19. The van der Waals surface area contributed by atoms with E-state index in [0.29, 0.717) is 40.7 Å². The Morgan fingerprint density at radius 3 is 2.69 bits per heavy atom. The number of benzene rings is 2. The number of carboxylic acids is 1. The van der Waals surface area contributed by atoms with Crippen molar-refractivity contribution >= 4 is 34.7 Å². The predicted molar refractivity (Wildman–Crippen MR) is 140 cm³/mol. The van der Waals surface area contributed by atoms with Crippen LogP contribution in [0.2, 0.25) is 5.02 Å². The average molecular weight is 514 g/mol. The molecule has 2 aromatic carbocycles. The molecule has 192 valence electrons. The summed E-state index contributed by atoms with van der Waals surface area (Å²) in [5, 5.41) is 22.1. The van der Waals surface area contributed by atoms with Crippen molar-refractivity contribution in [3.8, 4) is 5.75 Å². The van der Waals surface area contributed by atoms with Crippen molar-refractivity contribution in [3.63, 3.8) is 0 Å². The van der Waals surface area contributed by atoms with Crippen LogP contribution in [0.1, 0.15) is 61.0 Å². The lowest BCUT2D eigenvalue weighted by atomic mass is 9.84. The van der Waals surface area contributed by atoms with E-state index in [-0.39, 0.29) is 18.2 Å². The minimum Gasteiger partial charge on any atom is -0.493 e. The quantitative estimate of drug-likeness (QED) is 0.183. The van der Waals surface area contributed by atoms with Gasteiger partial charge in [0.05, 0.1) is 18.6 Å². The third-order valence-corrected chi connectivity index (χ3v) is 6.53. The molecule has 0 fully saturated rings. The van der Waals surface area contributed by atoms with Crippen molar-refractivity contribution in [1.29, 1.82) is 0 Å². The molecular formula is C28H34ClN2O5+. The fourth-order valence-corrected chi connectivity index (χ4v) is 4.40. The lowest BCUT2D eigenvalue weighted by Gasteiger charge is -2.22. The summed E-state index contributed by atoms with van der Waals surface area (Å²) in [6.45, 7) is 5.28. The molecule has 8 heteroatoms. The first kappa shape index (κ1) is 27.5. The summed E-state index contributed by atoms with van der Waals surface area (Å²) in [6.07, 6.45) is 7.46. The van der Waals surface area contributed by atoms with Gasteiger partial charge in [-0.2, -0.15) is 5.48 Å². The molecule has 0 bridgehead atoms. The molecule has 0 aromatic heterocycles. The molecule has 3 rings (SSSR count). The number of carboxylic acid groups (broad SMARTS) is 1. The van der Waals surface area contributed by atoms with E-state index in [9.17, 15) is 14.8 Å². The zero-order valence-electron chi connectivity index (χ0n) is 20.7. The van der Waals surface area contributed by atoms with E-state index in [1.807, 2.05) is 12.1 Å². The van der Waals surface area contributed by atoms with Gasteiger partial charge in [-0.05, 0) is 54.5 Å². The molecule has 2 aromatic rings. The maximum atomic E-state index is 12.8. The van der Waals surface area contributed by atoms with Gasteiger partial charge in [0.1, 0.15) is 5.75 Å². The van der Waals surface area contributed by atoms with E-state index in [1.165, 1.54) is 5.57 Å². The second kappa shape index (κ2) is 13.3. The number of aliphatic carboxylic acids is 1. The van der Waals surface area contributed by atoms with Gasteiger partial charge in [0, 0.05) is 23.2 Å². The Morgan fingerprint density at radius 1 is 1.19 bits per heavy atom. The number of nitrogens with one attached hydrogen (secondary N) is 1. The first-order valence-corrected chi connectivity index (χ1v) is 12.6. The van der Waals surface area contributed by atoms with Gasteiger partial charge in [0.2, 0.25) is 0 Å². The number of amides is 1. The summed E-state index contributed by atoms with van der Waals surface area (Å²) in [5.41, 5.74) is 5.79. The summed E-state index contributed by atoms with van der Waals surface area (Å²) < 4.78 is 5.78. The average Bonchev–Trinajstić information content (AvgIpc) is 2.85. The number of ether oxygens (including phenoxy) is 1. The minimum atomic E-state index is -0.938. The van der Waals surface area contributed by atoms with Crippen LogP contribution in [0.3, 0.4) is 0 Å². The normalized spacial score (nSPS) is 15.2. The van der Waals surface area contributed by atoms with Crippen molar-refractivity contribution in [2.24, 2.45) is 5.92 Å². The van der Waals surface area contributed by atoms with E-state index in [2.05, 4.69) is 31.3 Å². The molecule has 0 radical (unpaired) electrons. The first-order chi connectivity index (χ1) is 17.3. The Bertz CT molecular complexity index is 1160. The van der Waals surface area contributed by atoms with Crippen molar-refractivity contribution in [2.45, 2.75) is 46.0 Å². The van der Waals surface area contributed by atoms with Gasteiger partial charge in [-0.25, -0.2) is 5.21 Å². The fraction of sp³-hybridized carbons (Fsp3) is 0.357. The Morgan fingerprint density at radius 2 is 2.00 bits per heavy atom. The van der Waals surface area contributed by atoms with Crippen LogP contribution in [0.15, 0.2) is 54.1 Å². The molecule has 1 aliphatic rings.